The SMILES string of the molecule is Cc1ccccc1Oc1c(/C=C2\SC(=S)N([C@@H](Cc3ccccc3)C(=O)O)C2=O)c(C)nn1-c1ccccc1. The van der Waals surface area contributed by atoms with Gasteiger partial charge in [-0.1, -0.05) is 90.7 Å². The number of amides is 1. The molecule has 3 aromatic carbocycles. The van der Waals surface area contributed by atoms with E-state index in [9.17, 15) is 14.7 Å². The van der Waals surface area contributed by atoms with Crippen molar-refractivity contribution >= 4 is 46.3 Å². The zero-order chi connectivity index (χ0) is 27.5. The van der Waals surface area contributed by atoms with Gasteiger partial charge in [0, 0.05) is 6.42 Å². The van der Waals surface area contributed by atoms with Crippen molar-refractivity contribution in [3.8, 4) is 17.3 Å². The molecule has 7 nitrogen and oxygen atoms in total. The summed E-state index contributed by atoms with van der Waals surface area (Å²) in [5.74, 6) is -0.474. The van der Waals surface area contributed by atoms with E-state index in [0.29, 0.717) is 27.8 Å². The van der Waals surface area contributed by atoms with Gasteiger partial charge in [-0.25, -0.2) is 4.79 Å². The molecule has 0 saturated carbocycles. The molecule has 9 heteroatoms. The number of hydrogen-bond donors (Lipinski definition) is 1. The molecule has 0 unspecified atom stereocenters. The number of aromatic nitrogens is 2. The summed E-state index contributed by atoms with van der Waals surface area (Å²) in [5, 5.41) is 14.7. The van der Waals surface area contributed by atoms with Crippen LogP contribution >= 0.6 is 24.0 Å². The fourth-order valence-electron chi connectivity index (χ4n) is 4.31. The van der Waals surface area contributed by atoms with Crippen LogP contribution in [0.15, 0.2) is 89.8 Å². The highest BCUT2D eigenvalue weighted by Crippen LogP contribution is 2.39. The minimum atomic E-state index is -1.12. The van der Waals surface area contributed by atoms with Crippen LogP contribution in [0.4, 0.5) is 0 Å². The van der Waals surface area contributed by atoms with Crippen molar-refractivity contribution in [2.75, 3.05) is 0 Å². The van der Waals surface area contributed by atoms with E-state index in [0.717, 1.165) is 28.6 Å². The summed E-state index contributed by atoms with van der Waals surface area (Å²) in [6, 6.07) is 25.3. The Balaban J connectivity index is 1.55. The summed E-state index contributed by atoms with van der Waals surface area (Å²) in [6.45, 7) is 3.79. The molecule has 196 valence electrons. The van der Waals surface area contributed by atoms with Crippen molar-refractivity contribution < 1.29 is 19.4 Å². The van der Waals surface area contributed by atoms with Gasteiger partial charge >= 0.3 is 5.97 Å². The third-order valence-electron chi connectivity index (χ3n) is 6.33. The third-order valence-corrected chi connectivity index (χ3v) is 7.66. The lowest BCUT2D eigenvalue weighted by Gasteiger charge is -2.23. The number of carboxylic acids is 1. The molecule has 1 N–H and O–H groups in total. The number of benzene rings is 3. The standard InChI is InChI=1S/C30H25N3O4S2/c1-19-11-9-10-16-25(19)37-28-23(20(2)31-33(28)22-14-7-4-8-15-22)18-26-27(34)32(30(38)39-26)24(29(35)36)17-21-12-5-3-6-13-21/h3-16,18,24H,17H2,1-2H3,(H,35,36)/b26-18-/t24-/m0/s1. The molecule has 1 atom stereocenters. The predicted octanol–water partition coefficient (Wildman–Crippen LogP) is 6.18. The number of aliphatic carboxylic acids is 1. The summed E-state index contributed by atoms with van der Waals surface area (Å²) >= 11 is 6.58. The maximum Gasteiger partial charge on any atom is 0.327 e. The summed E-state index contributed by atoms with van der Waals surface area (Å²) < 4.78 is 8.30. The number of hydrogen-bond acceptors (Lipinski definition) is 6. The topological polar surface area (TPSA) is 84.7 Å². The molecule has 5 rings (SSSR count). The van der Waals surface area contributed by atoms with Gasteiger partial charge < -0.3 is 9.84 Å². The summed E-state index contributed by atoms with van der Waals surface area (Å²) in [4.78, 5) is 27.3. The average molecular weight is 556 g/mol. The Hall–Kier alpha value is -4.21. The van der Waals surface area contributed by atoms with Crippen LogP contribution in [0.1, 0.15) is 22.4 Å². The molecule has 39 heavy (non-hydrogen) atoms. The molecule has 0 radical (unpaired) electrons. The van der Waals surface area contributed by atoms with Gasteiger partial charge in [-0.2, -0.15) is 9.78 Å². The Bertz CT molecular complexity index is 1580. The Morgan fingerprint density at radius 3 is 2.33 bits per heavy atom. The number of rotatable bonds is 8. The molecule has 0 spiro atoms. The van der Waals surface area contributed by atoms with Gasteiger partial charge in [0.25, 0.3) is 5.91 Å². The van der Waals surface area contributed by atoms with Gasteiger partial charge in [-0.05, 0) is 49.2 Å². The van der Waals surface area contributed by atoms with Crippen LogP contribution in [-0.2, 0) is 16.0 Å². The van der Waals surface area contributed by atoms with Crippen molar-refractivity contribution in [3.63, 3.8) is 0 Å². The van der Waals surface area contributed by atoms with Gasteiger partial charge in [-0.15, -0.1) is 0 Å². The highest BCUT2D eigenvalue weighted by atomic mass is 32.2. The van der Waals surface area contributed by atoms with Gasteiger partial charge in [0.1, 0.15) is 16.1 Å². The molecule has 1 aliphatic rings. The lowest BCUT2D eigenvalue weighted by atomic mass is 10.0. The first kappa shape index (κ1) is 26.4. The first-order valence-electron chi connectivity index (χ1n) is 12.3. The van der Waals surface area contributed by atoms with Crippen molar-refractivity contribution in [3.05, 3.63) is 112 Å². The van der Waals surface area contributed by atoms with Crippen LogP contribution in [-0.4, -0.2) is 42.0 Å². The van der Waals surface area contributed by atoms with E-state index in [1.807, 2.05) is 98.8 Å². The Kier molecular flexibility index (Phi) is 7.63. The molecular formula is C30H25N3O4S2. The summed E-state index contributed by atoms with van der Waals surface area (Å²) in [6.07, 6.45) is 1.83. The van der Waals surface area contributed by atoms with E-state index in [2.05, 4.69) is 0 Å². The second-order valence-electron chi connectivity index (χ2n) is 9.01. The Labute approximate surface area is 235 Å². The Morgan fingerprint density at radius 2 is 1.67 bits per heavy atom. The summed E-state index contributed by atoms with van der Waals surface area (Å²) in [7, 11) is 0. The van der Waals surface area contributed by atoms with Gasteiger partial charge in [0.15, 0.2) is 0 Å². The molecule has 1 aliphatic heterocycles. The number of carboxylic acid groups (broad SMARTS) is 1. The number of carbonyl (C=O) groups excluding carboxylic acids is 1. The largest absolute Gasteiger partial charge is 0.480 e. The average Bonchev–Trinajstić information content (AvgIpc) is 3.39. The number of thiocarbonyl (C=S) groups is 1. The minimum Gasteiger partial charge on any atom is -0.480 e. The quantitative estimate of drug-likeness (QED) is 0.205. The van der Waals surface area contributed by atoms with Gasteiger partial charge in [-0.3, -0.25) is 9.69 Å². The van der Waals surface area contributed by atoms with Crippen molar-refractivity contribution in [2.45, 2.75) is 26.3 Å². The van der Waals surface area contributed by atoms with Gasteiger partial charge in [0.05, 0.1) is 21.8 Å². The highest BCUT2D eigenvalue weighted by molar-refractivity contribution is 8.26. The molecule has 1 amide bonds. The maximum absolute atomic E-state index is 13.6. The normalized spacial score (nSPS) is 15.1. The molecule has 0 aliphatic carbocycles. The monoisotopic (exact) mass is 555 g/mol. The number of nitrogens with zero attached hydrogens (tertiary/aromatic N) is 3. The van der Waals surface area contributed by atoms with Crippen LogP contribution in [0, 0.1) is 13.8 Å². The smallest absolute Gasteiger partial charge is 0.327 e. The molecule has 1 fully saturated rings. The van der Waals surface area contributed by atoms with E-state index in [1.165, 1.54) is 4.90 Å². The fourth-order valence-corrected chi connectivity index (χ4v) is 5.65. The van der Waals surface area contributed by atoms with Crippen LogP contribution < -0.4 is 4.74 Å². The lowest BCUT2D eigenvalue weighted by Crippen LogP contribution is -2.45. The first-order valence-corrected chi connectivity index (χ1v) is 13.5. The van der Waals surface area contributed by atoms with Gasteiger partial charge in [0.2, 0.25) is 5.88 Å². The van der Waals surface area contributed by atoms with E-state index < -0.39 is 17.9 Å². The van der Waals surface area contributed by atoms with Crippen molar-refractivity contribution in [2.24, 2.45) is 0 Å². The predicted molar refractivity (Wildman–Crippen MR) is 156 cm³/mol. The van der Waals surface area contributed by atoms with Crippen LogP contribution in [0.5, 0.6) is 11.6 Å². The number of aryl methyl sites for hydroxylation is 2. The molecule has 4 aromatic rings. The molecule has 0 bridgehead atoms. The number of para-hydroxylation sites is 2. The van der Waals surface area contributed by atoms with Crippen LogP contribution in [0.25, 0.3) is 11.8 Å². The number of carbonyl (C=O) groups is 2. The van der Waals surface area contributed by atoms with E-state index >= 15 is 0 Å². The maximum atomic E-state index is 13.6. The first-order chi connectivity index (χ1) is 18.8. The van der Waals surface area contributed by atoms with E-state index in [4.69, 9.17) is 22.1 Å². The van der Waals surface area contributed by atoms with E-state index in [-0.39, 0.29) is 10.7 Å². The minimum absolute atomic E-state index is 0.141. The van der Waals surface area contributed by atoms with E-state index in [1.54, 1.807) is 10.8 Å². The van der Waals surface area contributed by atoms with Crippen molar-refractivity contribution in [1.82, 2.24) is 14.7 Å². The molecular weight excluding hydrogens is 530 g/mol. The zero-order valence-electron chi connectivity index (χ0n) is 21.3. The van der Waals surface area contributed by atoms with Crippen LogP contribution in [0.2, 0.25) is 0 Å². The second kappa shape index (κ2) is 11.3. The molecule has 2 heterocycles. The molecule has 1 saturated heterocycles. The fraction of sp³-hybridized carbons (Fsp3) is 0.133. The second-order valence-corrected chi connectivity index (χ2v) is 10.7. The summed E-state index contributed by atoms with van der Waals surface area (Å²) in [5.41, 5.74) is 3.80. The third kappa shape index (κ3) is 5.50. The zero-order valence-corrected chi connectivity index (χ0v) is 22.9. The Morgan fingerprint density at radius 1 is 1.03 bits per heavy atom. The van der Waals surface area contributed by atoms with Crippen LogP contribution in [0.3, 0.4) is 0 Å². The highest BCUT2D eigenvalue weighted by Gasteiger charge is 2.41. The molecule has 1 aromatic heterocycles. The number of thioether (sulfide) groups is 1. The lowest BCUT2D eigenvalue weighted by molar-refractivity contribution is -0.145. The number of ether oxygens (including phenoxy) is 1. The van der Waals surface area contributed by atoms with Crippen molar-refractivity contribution in [1.29, 1.82) is 0 Å².